The zero-order chi connectivity index (χ0) is 17.8. The van der Waals surface area contributed by atoms with Crippen LogP contribution in [0.15, 0.2) is 47.8 Å². The van der Waals surface area contributed by atoms with Gasteiger partial charge in [0.2, 0.25) is 5.91 Å². The van der Waals surface area contributed by atoms with Crippen LogP contribution in [0.2, 0.25) is 10.0 Å². The zero-order valence-electron chi connectivity index (χ0n) is 13.3. The van der Waals surface area contributed by atoms with Gasteiger partial charge in [-0.15, -0.1) is 11.3 Å². The summed E-state index contributed by atoms with van der Waals surface area (Å²) in [6.45, 7) is 0. The van der Waals surface area contributed by atoms with E-state index in [-0.39, 0.29) is 12.3 Å². The van der Waals surface area contributed by atoms with Gasteiger partial charge in [-0.1, -0.05) is 41.4 Å². The normalized spacial score (nSPS) is 10.5. The summed E-state index contributed by atoms with van der Waals surface area (Å²) < 4.78 is 5.22. The minimum absolute atomic E-state index is 0.149. The molecule has 128 valence electrons. The van der Waals surface area contributed by atoms with Gasteiger partial charge in [-0.05, 0) is 24.3 Å². The lowest BCUT2D eigenvalue weighted by molar-refractivity contribution is -0.115. The average molecular weight is 393 g/mol. The van der Waals surface area contributed by atoms with E-state index < -0.39 is 0 Å². The molecule has 0 aliphatic carbocycles. The van der Waals surface area contributed by atoms with Crippen LogP contribution in [-0.2, 0) is 11.2 Å². The van der Waals surface area contributed by atoms with Crippen LogP contribution in [0.3, 0.4) is 0 Å². The minimum atomic E-state index is -0.198. The molecule has 0 aliphatic rings. The molecule has 0 saturated heterocycles. The van der Waals surface area contributed by atoms with Gasteiger partial charge in [0.25, 0.3) is 0 Å². The van der Waals surface area contributed by atoms with E-state index in [1.807, 2.05) is 29.6 Å². The number of carbonyl (C=O) groups is 1. The average Bonchev–Trinajstić information content (AvgIpc) is 3.03. The molecule has 7 heteroatoms. The maximum Gasteiger partial charge on any atom is 0.230 e. The van der Waals surface area contributed by atoms with Crippen molar-refractivity contribution in [2.45, 2.75) is 6.42 Å². The minimum Gasteiger partial charge on any atom is -0.495 e. The molecule has 1 aromatic heterocycles. The summed E-state index contributed by atoms with van der Waals surface area (Å²) in [7, 11) is 1.54. The Kier molecular flexibility index (Phi) is 5.58. The van der Waals surface area contributed by atoms with Crippen molar-refractivity contribution in [2.75, 3.05) is 12.4 Å². The number of benzene rings is 2. The van der Waals surface area contributed by atoms with E-state index in [1.165, 1.54) is 18.4 Å². The second kappa shape index (κ2) is 7.87. The molecule has 1 amide bonds. The molecule has 1 N–H and O–H groups in total. The molecule has 4 nitrogen and oxygen atoms in total. The summed E-state index contributed by atoms with van der Waals surface area (Å²) in [5.41, 5.74) is 2.07. The molecular weight excluding hydrogens is 379 g/mol. The van der Waals surface area contributed by atoms with Crippen molar-refractivity contribution in [2.24, 2.45) is 0 Å². The Balaban J connectivity index is 1.72. The molecular formula is C18H14Cl2N2O2S. The summed E-state index contributed by atoms with van der Waals surface area (Å²) in [4.78, 5) is 16.8. The first kappa shape index (κ1) is 17.7. The number of hydrogen-bond donors (Lipinski definition) is 1. The van der Waals surface area contributed by atoms with E-state index in [9.17, 15) is 4.79 Å². The molecule has 0 spiro atoms. The lowest BCUT2D eigenvalue weighted by Gasteiger charge is -2.10. The topological polar surface area (TPSA) is 51.2 Å². The van der Waals surface area contributed by atoms with E-state index in [1.54, 1.807) is 18.2 Å². The number of amides is 1. The summed E-state index contributed by atoms with van der Waals surface area (Å²) in [5, 5.41) is 6.60. The molecule has 3 aromatic rings. The fourth-order valence-electron chi connectivity index (χ4n) is 2.28. The van der Waals surface area contributed by atoms with Crippen LogP contribution in [0.1, 0.15) is 5.69 Å². The van der Waals surface area contributed by atoms with Crippen molar-refractivity contribution in [1.82, 2.24) is 4.98 Å². The van der Waals surface area contributed by atoms with Crippen LogP contribution < -0.4 is 10.1 Å². The van der Waals surface area contributed by atoms with Gasteiger partial charge in [-0.25, -0.2) is 4.98 Å². The van der Waals surface area contributed by atoms with E-state index in [0.717, 1.165) is 10.6 Å². The van der Waals surface area contributed by atoms with Crippen molar-refractivity contribution in [1.29, 1.82) is 0 Å². The molecule has 3 rings (SSSR count). The van der Waals surface area contributed by atoms with Gasteiger partial charge < -0.3 is 10.1 Å². The summed E-state index contributed by atoms with van der Waals surface area (Å²) in [6, 6.07) is 12.5. The summed E-state index contributed by atoms with van der Waals surface area (Å²) in [5.74, 6) is 0.351. The van der Waals surface area contributed by atoms with Crippen molar-refractivity contribution in [3.8, 4) is 16.3 Å². The number of anilines is 1. The Labute approximate surface area is 159 Å². The number of hydrogen-bond acceptors (Lipinski definition) is 4. The lowest BCUT2D eigenvalue weighted by Crippen LogP contribution is -2.15. The van der Waals surface area contributed by atoms with E-state index in [4.69, 9.17) is 27.9 Å². The number of aromatic nitrogens is 1. The molecule has 0 unspecified atom stereocenters. The Morgan fingerprint density at radius 3 is 2.80 bits per heavy atom. The van der Waals surface area contributed by atoms with Gasteiger partial charge in [0.1, 0.15) is 10.8 Å². The monoisotopic (exact) mass is 392 g/mol. The second-order valence-electron chi connectivity index (χ2n) is 5.19. The van der Waals surface area contributed by atoms with Gasteiger partial charge in [0, 0.05) is 16.0 Å². The number of ether oxygens (including phenoxy) is 1. The number of carbonyl (C=O) groups excluding carboxylic acids is 1. The predicted molar refractivity (Wildman–Crippen MR) is 103 cm³/mol. The largest absolute Gasteiger partial charge is 0.495 e. The highest BCUT2D eigenvalue weighted by Crippen LogP contribution is 2.31. The SMILES string of the molecule is COc1ccc(Cl)cc1NC(=O)Cc1csc(-c2ccccc2Cl)n1. The van der Waals surface area contributed by atoms with E-state index >= 15 is 0 Å². The summed E-state index contributed by atoms with van der Waals surface area (Å²) >= 11 is 13.6. The summed E-state index contributed by atoms with van der Waals surface area (Å²) in [6.07, 6.45) is 0.149. The Hall–Kier alpha value is -2.08. The molecule has 25 heavy (non-hydrogen) atoms. The van der Waals surface area contributed by atoms with E-state index in [2.05, 4.69) is 10.3 Å². The Bertz CT molecular complexity index is 912. The first-order chi connectivity index (χ1) is 12.1. The van der Waals surface area contributed by atoms with Crippen LogP contribution in [0, 0.1) is 0 Å². The molecule has 0 fully saturated rings. The highest BCUT2D eigenvalue weighted by molar-refractivity contribution is 7.13. The fraction of sp³-hybridized carbons (Fsp3) is 0.111. The smallest absolute Gasteiger partial charge is 0.230 e. The van der Waals surface area contributed by atoms with Crippen LogP contribution in [0.4, 0.5) is 5.69 Å². The molecule has 0 atom stereocenters. The highest BCUT2D eigenvalue weighted by Gasteiger charge is 2.13. The maximum absolute atomic E-state index is 12.3. The molecule has 0 bridgehead atoms. The van der Waals surface area contributed by atoms with Gasteiger partial charge in [-0.3, -0.25) is 4.79 Å². The number of methoxy groups -OCH3 is 1. The third-order valence-electron chi connectivity index (χ3n) is 3.43. The highest BCUT2D eigenvalue weighted by atomic mass is 35.5. The van der Waals surface area contributed by atoms with Gasteiger partial charge in [0.05, 0.1) is 29.9 Å². The predicted octanol–water partition coefficient (Wildman–Crippen LogP) is 5.31. The quantitative estimate of drug-likeness (QED) is 0.640. The molecule has 2 aromatic carbocycles. The van der Waals surface area contributed by atoms with Crippen molar-refractivity contribution >= 4 is 46.1 Å². The van der Waals surface area contributed by atoms with Gasteiger partial charge in [0.15, 0.2) is 0 Å². The van der Waals surface area contributed by atoms with E-state index in [0.29, 0.717) is 27.2 Å². The lowest BCUT2D eigenvalue weighted by atomic mass is 10.2. The third-order valence-corrected chi connectivity index (χ3v) is 4.92. The van der Waals surface area contributed by atoms with Crippen LogP contribution >= 0.6 is 34.5 Å². The first-order valence-corrected chi connectivity index (χ1v) is 9.03. The maximum atomic E-state index is 12.3. The standard InChI is InChI=1S/C18H14Cl2N2O2S/c1-24-16-7-6-11(19)8-15(16)22-17(23)9-12-10-25-18(21-12)13-4-2-3-5-14(13)20/h2-8,10H,9H2,1H3,(H,22,23). The number of halogens is 2. The Morgan fingerprint density at radius 2 is 2.04 bits per heavy atom. The second-order valence-corrected chi connectivity index (χ2v) is 6.90. The number of rotatable bonds is 5. The number of nitrogens with one attached hydrogen (secondary N) is 1. The molecule has 1 heterocycles. The zero-order valence-corrected chi connectivity index (χ0v) is 15.6. The molecule has 0 radical (unpaired) electrons. The van der Waals surface area contributed by atoms with Crippen molar-refractivity contribution < 1.29 is 9.53 Å². The van der Waals surface area contributed by atoms with Crippen LogP contribution in [-0.4, -0.2) is 18.0 Å². The third kappa shape index (κ3) is 4.31. The van der Waals surface area contributed by atoms with Crippen molar-refractivity contribution in [3.05, 3.63) is 63.6 Å². The Morgan fingerprint density at radius 1 is 1.24 bits per heavy atom. The molecule has 0 saturated carbocycles. The fourth-order valence-corrected chi connectivity index (χ4v) is 3.60. The first-order valence-electron chi connectivity index (χ1n) is 7.39. The molecule has 0 aliphatic heterocycles. The number of nitrogens with zero attached hydrogens (tertiary/aromatic N) is 1. The number of thiazole rings is 1. The van der Waals surface area contributed by atoms with Gasteiger partial charge >= 0.3 is 0 Å². The van der Waals surface area contributed by atoms with Crippen LogP contribution in [0.5, 0.6) is 5.75 Å². The van der Waals surface area contributed by atoms with Crippen LogP contribution in [0.25, 0.3) is 10.6 Å². The van der Waals surface area contributed by atoms with Gasteiger partial charge in [-0.2, -0.15) is 0 Å². The van der Waals surface area contributed by atoms with Crippen molar-refractivity contribution in [3.63, 3.8) is 0 Å².